The van der Waals surface area contributed by atoms with Crippen LogP contribution in [0.4, 0.5) is 0 Å². The third-order valence-electron chi connectivity index (χ3n) is 3.58. The molecule has 0 amide bonds. The molecule has 0 radical (unpaired) electrons. The molecule has 0 bridgehead atoms. The van der Waals surface area contributed by atoms with E-state index in [1.165, 1.54) is 4.31 Å². The Morgan fingerprint density at radius 2 is 1.72 bits per heavy atom. The standard InChI is InChI=1S/C20H23NO3S/c1-3-4-15-21(16-8-17-24-19-9-6-5-7-10-19)25(22,23)20-13-11-18(2)12-14-20/h5-7,9-14H,3-4,15,17H2,1-2H3. The fraction of sp³-hybridized carbons (Fsp3) is 0.300. The summed E-state index contributed by atoms with van der Waals surface area (Å²) in [4.78, 5) is 0.257. The van der Waals surface area contributed by atoms with Gasteiger partial charge in [-0.1, -0.05) is 49.2 Å². The lowest BCUT2D eigenvalue weighted by Crippen LogP contribution is -2.27. The Labute approximate surface area is 150 Å². The smallest absolute Gasteiger partial charge is 0.270 e. The Kier molecular flexibility index (Phi) is 6.91. The van der Waals surface area contributed by atoms with Crippen molar-refractivity contribution in [3.05, 3.63) is 60.2 Å². The first-order valence-electron chi connectivity index (χ1n) is 8.30. The summed E-state index contributed by atoms with van der Waals surface area (Å²) in [7, 11) is -3.63. The molecule has 2 aromatic carbocycles. The molecule has 132 valence electrons. The van der Waals surface area contributed by atoms with Crippen LogP contribution < -0.4 is 4.74 Å². The number of hydrogen-bond acceptors (Lipinski definition) is 3. The molecule has 0 saturated carbocycles. The molecule has 0 aliphatic carbocycles. The second kappa shape index (κ2) is 9.14. The molecule has 0 saturated heterocycles. The monoisotopic (exact) mass is 357 g/mol. The highest BCUT2D eigenvalue weighted by atomic mass is 32.2. The topological polar surface area (TPSA) is 46.6 Å². The summed E-state index contributed by atoms with van der Waals surface area (Å²) in [5.74, 6) is 3.51. The molecule has 2 aromatic rings. The molecular weight excluding hydrogens is 334 g/mol. The average Bonchev–Trinajstić information content (AvgIpc) is 2.62. The molecule has 25 heavy (non-hydrogen) atoms. The van der Waals surface area contributed by atoms with Crippen LogP contribution in [0.3, 0.4) is 0 Å². The van der Waals surface area contributed by atoms with Gasteiger partial charge in [0.05, 0.1) is 4.90 Å². The predicted molar refractivity (Wildman–Crippen MR) is 99.7 cm³/mol. The minimum Gasteiger partial charge on any atom is -0.481 e. The third-order valence-corrected chi connectivity index (χ3v) is 5.30. The van der Waals surface area contributed by atoms with Crippen molar-refractivity contribution in [1.29, 1.82) is 0 Å². The molecule has 0 spiro atoms. The van der Waals surface area contributed by atoms with Crippen molar-refractivity contribution in [2.75, 3.05) is 13.2 Å². The van der Waals surface area contributed by atoms with Gasteiger partial charge in [-0.15, -0.1) is 0 Å². The van der Waals surface area contributed by atoms with Gasteiger partial charge in [0.25, 0.3) is 10.0 Å². The summed E-state index contributed by atoms with van der Waals surface area (Å²) in [6.07, 6.45) is 1.64. The summed E-state index contributed by atoms with van der Waals surface area (Å²) in [6.45, 7) is 4.44. The Balaban J connectivity index is 2.12. The van der Waals surface area contributed by atoms with Crippen molar-refractivity contribution in [1.82, 2.24) is 4.31 Å². The van der Waals surface area contributed by atoms with E-state index in [1.807, 2.05) is 44.2 Å². The van der Waals surface area contributed by atoms with E-state index in [9.17, 15) is 8.42 Å². The lowest BCUT2D eigenvalue weighted by molar-refractivity contribution is 0.369. The van der Waals surface area contributed by atoms with Gasteiger partial charge in [-0.3, -0.25) is 0 Å². The Morgan fingerprint density at radius 3 is 2.36 bits per heavy atom. The fourth-order valence-corrected chi connectivity index (χ4v) is 3.42. The highest BCUT2D eigenvalue weighted by Gasteiger charge is 2.21. The molecule has 0 heterocycles. The summed E-state index contributed by atoms with van der Waals surface area (Å²) < 4.78 is 32.3. The SMILES string of the molecule is CCCCN(C#CCOc1ccccc1)S(=O)(=O)c1ccc(C)cc1. The van der Waals surface area contributed by atoms with Crippen molar-refractivity contribution in [3.8, 4) is 17.7 Å². The van der Waals surface area contributed by atoms with Gasteiger partial charge in [0.1, 0.15) is 5.75 Å². The van der Waals surface area contributed by atoms with E-state index in [0.29, 0.717) is 12.3 Å². The summed E-state index contributed by atoms with van der Waals surface area (Å²) >= 11 is 0. The van der Waals surface area contributed by atoms with Crippen LogP contribution in [0.15, 0.2) is 59.5 Å². The zero-order valence-corrected chi connectivity index (χ0v) is 15.4. The van der Waals surface area contributed by atoms with E-state index in [0.717, 1.165) is 18.4 Å². The zero-order valence-electron chi connectivity index (χ0n) is 14.6. The maximum absolute atomic E-state index is 12.8. The lowest BCUT2D eigenvalue weighted by atomic mass is 10.2. The number of rotatable bonds is 7. The Hall–Kier alpha value is -2.45. The first-order valence-corrected chi connectivity index (χ1v) is 9.74. The normalized spacial score (nSPS) is 10.6. The molecule has 0 aromatic heterocycles. The molecule has 0 fully saturated rings. The van der Waals surface area contributed by atoms with Gasteiger partial charge >= 0.3 is 0 Å². The Morgan fingerprint density at radius 1 is 1.04 bits per heavy atom. The first-order chi connectivity index (χ1) is 12.0. The number of unbranched alkanes of at least 4 members (excludes halogenated alkanes) is 1. The second-order valence-electron chi connectivity index (χ2n) is 5.63. The maximum Gasteiger partial charge on any atom is 0.270 e. The number of nitrogens with zero attached hydrogens (tertiary/aromatic N) is 1. The van der Waals surface area contributed by atoms with Crippen molar-refractivity contribution < 1.29 is 13.2 Å². The van der Waals surface area contributed by atoms with E-state index >= 15 is 0 Å². The van der Waals surface area contributed by atoms with Gasteiger partial charge in [0.2, 0.25) is 0 Å². The van der Waals surface area contributed by atoms with E-state index < -0.39 is 10.0 Å². The number of aryl methyl sites for hydroxylation is 1. The van der Waals surface area contributed by atoms with E-state index in [4.69, 9.17) is 4.74 Å². The molecule has 0 N–H and O–H groups in total. The predicted octanol–water partition coefficient (Wildman–Crippen LogP) is 3.83. The van der Waals surface area contributed by atoms with Crippen molar-refractivity contribution in [2.45, 2.75) is 31.6 Å². The van der Waals surface area contributed by atoms with Crippen LogP contribution in [0.1, 0.15) is 25.3 Å². The van der Waals surface area contributed by atoms with Gasteiger partial charge in [-0.2, -0.15) is 0 Å². The van der Waals surface area contributed by atoms with Crippen LogP contribution in [0.25, 0.3) is 0 Å². The van der Waals surface area contributed by atoms with Crippen molar-refractivity contribution >= 4 is 10.0 Å². The Bertz CT molecular complexity index is 819. The van der Waals surface area contributed by atoms with Gasteiger partial charge in [-0.25, -0.2) is 12.7 Å². The number of para-hydroxylation sites is 1. The minimum absolute atomic E-state index is 0.135. The van der Waals surface area contributed by atoms with Crippen LogP contribution >= 0.6 is 0 Å². The molecule has 0 aliphatic rings. The lowest BCUT2D eigenvalue weighted by Gasteiger charge is -2.17. The van der Waals surface area contributed by atoms with Crippen LogP contribution in [0, 0.1) is 18.9 Å². The zero-order chi connectivity index (χ0) is 18.1. The molecule has 5 heteroatoms. The van der Waals surface area contributed by atoms with Crippen LogP contribution in [-0.4, -0.2) is 25.9 Å². The molecule has 0 aliphatic heterocycles. The van der Waals surface area contributed by atoms with Gasteiger partial charge < -0.3 is 4.74 Å². The molecular formula is C20H23NO3S. The number of hydrogen-bond donors (Lipinski definition) is 0. The quantitative estimate of drug-likeness (QED) is 0.559. The first kappa shape index (κ1) is 18.9. The molecule has 2 rings (SSSR count). The molecule has 0 atom stereocenters. The second-order valence-corrected chi connectivity index (χ2v) is 7.50. The highest BCUT2D eigenvalue weighted by molar-refractivity contribution is 7.89. The minimum atomic E-state index is -3.63. The number of sulfonamides is 1. The number of ether oxygens (including phenoxy) is 1. The summed E-state index contributed by atoms with van der Waals surface area (Å²) in [5, 5.41) is 0. The fourth-order valence-electron chi connectivity index (χ4n) is 2.13. The molecule has 0 unspecified atom stereocenters. The third kappa shape index (κ3) is 5.54. The van der Waals surface area contributed by atoms with Crippen LogP contribution in [0.5, 0.6) is 5.75 Å². The highest BCUT2D eigenvalue weighted by Crippen LogP contribution is 2.16. The maximum atomic E-state index is 12.8. The van der Waals surface area contributed by atoms with Gasteiger partial charge in [0, 0.05) is 12.6 Å². The largest absolute Gasteiger partial charge is 0.481 e. The van der Waals surface area contributed by atoms with E-state index in [-0.39, 0.29) is 11.5 Å². The van der Waals surface area contributed by atoms with Crippen molar-refractivity contribution in [2.24, 2.45) is 0 Å². The summed E-state index contributed by atoms with van der Waals surface area (Å²) in [5.41, 5.74) is 1.02. The van der Waals surface area contributed by atoms with Crippen LogP contribution in [0.2, 0.25) is 0 Å². The summed E-state index contributed by atoms with van der Waals surface area (Å²) in [6, 6.07) is 18.9. The average molecular weight is 357 g/mol. The van der Waals surface area contributed by atoms with E-state index in [1.54, 1.807) is 24.3 Å². The van der Waals surface area contributed by atoms with Crippen LogP contribution in [-0.2, 0) is 10.0 Å². The van der Waals surface area contributed by atoms with Gasteiger partial charge in [-0.05, 0) is 43.5 Å². The van der Waals surface area contributed by atoms with Crippen molar-refractivity contribution in [3.63, 3.8) is 0 Å². The van der Waals surface area contributed by atoms with Gasteiger partial charge in [0.15, 0.2) is 6.61 Å². The van der Waals surface area contributed by atoms with E-state index in [2.05, 4.69) is 12.0 Å². The molecule has 4 nitrogen and oxygen atoms in total. The number of benzene rings is 2.